The number of halogens is 4. The van der Waals surface area contributed by atoms with Gasteiger partial charge in [0, 0.05) is 28.1 Å². The number of benzene rings is 1. The Morgan fingerprint density at radius 1 is 1.27 bits per heavy atom. The average molecular weight is 369 g/mol. The standard InChI is InChI=1S/C12H8Cl2F2N2O3S/c1-5-10(22(14,20)21)4-9(17-5)12(19)18-6-2-7(13)11(16)8(15)3-6/h2-4,17H,1H3,(H,18,19). The molecule has 0 bridgehead atoms. The number of anilines is 1. The van der Waals surface area contributed by atoms with Crippen LogP contribution < -0.4 is 5.32 Å². The van der Waals surface area contributed by atoms with E-state index in [0.717, 1.165) is 18.2 Å². The molecule has 1 aromatic heterocycles. The minimum absolute atomic E-state index is 0.0866. The minimum atomic E-state index is -4.01. The molecule has 0 saturated heterocycles. The predicted molar refractivity (Wildman–Crippen MR) is 77.9 cm³/mol. The molecule has 0 aliphatic rings. The summed E-state index contributed by atoms with van der Waals surface area (Å²) in [7, 11) is 1.21. The highest BCUT2D eigenvalue weighted by molar-refractivity contribution is 8.13. The number of aromatic nitrogens is 1. The van der Waals surface area contributed by atoms with E-state index < -0.39 is 31.6 Å². The molecule has 0 unspecified atom stereocenters. The van der Waals surface area contributed by atoms with Crippen LogP contribution in [-0.4, -0.2) is 19.3 Å². The van der Waals surface area contributed by atoms with Gasteiger partial charge in [0.2, 0.25) is 0 Å². The molecule has 2 rings (SSSR count). The molecule has 0 radical (unpaired) electrons. The van der Waals surface area contributed by atoms with Crippen LogP contribution in [0.15, 0.2) is 23.1 Å². The molecule has 118 valence electrons. The van der Waals surface area contributed by atoms with Crippen LogP contribution in [0.1, 0.15) is 16.2 Å². The van der Waals surface area contributed by atoms with E-state index in [9.17, 15) is 22.0 Å². The average Bonchev–Trinajstić information content (AvgIpc) is 2.78. The third-order valence-corrected chi connectivity index (χ3v) is 4.44. The zero-order valence-corrected chi connectivity index (χ0v) is 13.2. The molecule has 0 aliphatic heterocycles. The van der Waals surface area contributed by atoms with Crippen molar-refractivity contribution in [2.45, 2.75) is 11.8 Å². The van der Waals surface area contributed by atoms with Gasteiger partial charge in [-0.05, 0) is 19.1 Å². The van der Waals surface area contributed by atoms with Crippen LogP contribution in [0.2, 0.25) is 5.02 Å². The minimum Gasteiger partial charge on any atom is -0.353 e. The second kappa shape index (κ2) is 5.86. The van der Waals surface area contributed by atoms with Gasteiger partial charge in [-0.2, -0.15) is 0 Å². The molecule has 0 saturated carbocycles. The molecule has 5 nitrogen and oxygen atoms in total. The summed E-state index contributed by atoms with van der Waals surface area (Å²) in [5.41, 5.74) is -0.0301. The normalized spacial score (nSPS) is 11.5. The molecule has 2 N–H and O–H groups in total. The van der Waals surface area contributed by atoms with Gasteiger partial charge in [-0.3, -0.25) is 4.79 Å². The van der Waals surface area contributed by atoms with Crippen molar-refractivity contribution in [2.75, 3.05) is 5.32 Å². The smallest absolute Gasteiger partial charge is 0.272 e. The third-order valence-electron chi connectivity index (χ3n) is 2.72. The lowest BCUT2D eigenvalue weighted by Gasteiger charge is -2.05. The van der Waals surface area contributed by atoms with Gasteiger partial charge in [-0.1, -0.05) is 11.6 Å². The van der Waals surface area contributed by atoms with Crippen LogP contribution in [0.25, 0.3) is 0 Å². The zero-order chi connectivity index (χ0) is 16.7. The maximum Gasteiger partial charge on any atom is 0.272 e. The maximum absolute atomic E-state index is 13.2. The zero-order valence-electron chi connectivity index (χ0n) is 10.9. The van der Waals surface area contributed by atoms with Crippen LogP contribution in [0.3, 0.4) is 0 Å². The van der Waals surface area contributed by atoms with Gasteiger partial charge in [0.1, 0.15) is 10.6 Å². The topological polar surface area (TPSA) is 79.0 Å². The van der Waals surface area contributed by atoms with Crippen LogP contribution in [0, 0.1) is 18.6 Å². The van der Waals surface area contributed by atoms with Crippen LogP contribution >= 0.6 is 22.3 Å². The van der Waals surface area contributed by atoms with Crippen molar-refractivity contribution >= 4 is 42.9 Å². The molecule has 1 aromatic carbocycles. The van der Waals surface area contributed by atoms with E-state index >= 15 is 0 Å². The number of carbonyl (C=O) groups excluding carboxylic acids is 1. The van der Waals surface area contributed by atoms with Crippen molar-refractivity contribution in [1.29, 1.82) is 0 Å². The quantitative estimate of drug-likeness (QED) is 0.643. The summed E-state index contributed by atoms with van der Waals surface area (Å²) in [5.74, 6) is -3.22. The number of H-pyrrole nitrogens is 1. The largest absolute Gasteiger partial charge is 0.353 e. The lowest BCUT2D eigenvalue weighted by atomic mass is 10.3. The summed E-state index contributed by atoms with van der Waals surface area (Å²) in [6.45, 7) is 1.42. The fourth-order valence-corrected chi connectivity index (χ4v) is 3.10. The number of rotatable bonds is 3. The van der Waals surface area contributed by atoms with Gasteiger partial charge in [0.15, 0.2) is 11.6 Å². The molecule has 10 heteroatoms. The highest BCUT2D eigenvalue weighted by Gasteiger charge is 2.20. The number of hydrogen-bond donors (Lipinski definition) is 2. The van der Waals surface area contributed by atoms with Gasteiger partial charge in [-0.15, -0.1) is 0 Å². The van der Waals surface area contributed by atoms with Crippen LogP contribution in [-0.2, 0) is 9.05 Å². The predicted octanol–water partition coefficient (Wildman–Crippen LogP) is 3.43. The first-order valence-electron chi connectivity index (χ1n) is 5.69. The summed E-state index contributed by atoms with van der Waals surface area (Å²) in [6, 6.07) is 2.80. The highest BCUT2D eigenvalue weighted by Crippen LogP contribution is 2.24. The molecule has 2 aromatic rings. The summed E-state index contributed by atoms with van der Waals surface area (Å²) in [4.78, 5) is 14.3. The van der Waals surface area contributed by atoms with E-state index in [4.69, 9.17) is 22.3 Å². The summed E-state index contributed by atoms with van der Waals surface area (Å²) in [6.07, 6.45) is 0. The first kappa shape index (κ1) is 16.7. The van der Waals surface area contributed by atoms with Gasteiger partial charge in [0.25, 0.3) is 15.0 Å². The van der Waals surface area contributed by atoms with Crippen molar-refractivity contribution in [2.24, 2.45) is 0 Å². The Hall–Kier alpha value is -1.64. The number of hydrogen-bond acceptors (Lipinski definition) is 3. The second-order valence-corrected chi connectivity index (χ2v) is 7.26. The number of aryl methyl sites for hydroxylation is 1. The van der Waals surface area contributed by atoms with Crippen molar-refractivity contribution in [3.05, 3.63) is 46.2 Å². The fourth-order valence-electron chi connectivity index (χ4n) is 1.74. The number of amides is 1. The number of nitrogens with one attached hydrogen (secondary N) is 2. The molecule has 1 amide bonds. The van der Waals surface area contributed by atoms with Crippen LogP contribution in [0.5, 0.6) is 0 Å². The first-order valence-corrected chi connectivity index (χ1v) is 8.38. The number of aromatic amines is 1. The Labute approximate surface area is 133 Å². The van der Waals surface area contributed by atoms with E-state index in [0.29, 0.717) is 0 Å². The van der Waals surface area contributed by atoms with E-state index in [1.54, 1.807) is 0 Å². The summed E-state index contributed by atoms with van der Waals surface area (Å²) < 4.78 is 48.8. The Bertz CT molecular complexity index is 842. The molecular weight excluding hydrogens is 361 g/mol. The maximum atomic E-state index is 13.2. The Balaban J connectivity index is 2.31. The molecule has 0 fully saturated rings. The third kappa shape index (κ3) is 3.40. The Kier molecular flexibility index (Phi) is 4.46. The highest BCUT2D eigenvalue weighted by atomic mass is 35.7. The van der Waals surface area contributed by atoms with Crippen molar-refractivity contribution < 1.29 is 22.0 Å². The molecule has 0 spiro atoms. The number of carbonyl (C=O) groups is 1. The van der Waals surface area contributed by atoms with E-state index in [1.165, 1.54) is 6.92 Å². The Morgan fingerprint density at radius 2 is 1.91 bits per heavy atom. The van der Waals surface area contributed by atoms with E-state index in [1.807, 2.05) is 0 Å². The Morgan fingerprint density at radius 3 is 2.41 bits per heavy atom. The summed E-state index contributed by atoms with van der Waals surface area (Å²) >= 11 is 5.47. The molecule has 1 heterocycles. The van der Waals surface area contributed by atoms with Crippen molar-refractivity contribution in [1.82, 2.24) is 4.98 Å². The summed E-state index contributed by atoms with van der Waals surface area (Å²) in [5, 5.41) is 1.76. The van der Waals surface area contributed by atoms with Gasteiger partial charge in [0.05, 0.1) is 5.02 Å². The molecule has 22 heavy (non-hydrogen) atoms. The van der Waals surface area contributed by atoms with Crippen molar-refractivity contribution in [3.63, 3.8) is 0 Å². The van der Waals surface area contributed by atoms with Crippen LogP contribution in [0.4, 0.5) is 14.5 Å². The van der Waals surface area contributed by atoms with E-state index in [2.05, 4.69) is 10.3 Å². The molecular formula is C12H8Cl2F2N2O3S. The van der Waals surface area contributed by atoms with Gasteiger partial charge >= 0.3 is 0 Å². The molecule has 0 atom stereocenters. The van der Waals surface area contributed by atoms with Gasteiger partial charge < -0.3 is 10.3 Å². The monoisotopic (exact) mass is 368 g/mol. The SMILES string of the molecule is Cc1[nH]c(C(=O)Nc2cc(F)c(F)c(Cl)c2)cc1S(=O)(=O)Cl. The first-order chi connectivity index (χ1) is 10.1. The fraction of sp³-hybridized carbons (Fsp3) is 0.0833. The van der Waals surface area contributed by atoms with E-state index in [-0.39, 0.29) is 22.0 Å². The molecule has 0 aliphatic carbocycles. The second-order valence-electron chi connectivity index (χ2n) is 4.32. The van der Waals surface area contributed by atoms with Gasteiger partial charge in [-0.25, -0.2) is 17.2 Å². The lowest BCUT2D eigenvalue weighted by Crippen LogP contribution is -2.12. The lowest BCUT2D eigenvalue weighted by molar-refractivity contribution is 0.102. The van der Waals surface area contributed by atoms with Crippen molar-refractivity contribution in [3.8, 4) is 0 Å².